The highest BCUT2D eigenvalue weighted by Crippen LogP contribution is 2.39. The van der Waals surface area contributed by atoms with Crippen LogP contribution in [0.4, 0.5) is 5.69 Å². The van der Waals surface area contributed by atoms with Gasteiger partial charge in [-0.2, -0.15) is 4.31 Å². The van der Waals surface area contributed by atoms with Crippen LogP contribution < -0.4 is 10.6 Å². The largest absolute Gasteiger partial charge is 0.504 e. The van der Waals surface area contributed by atoms with Crippen molar-refractivity contribution in [2.45, 2.75) is 72.6 Å². The molecule has 0 aromatic carbocycles. The van der Waals surface area contributed by atoms with Gasteiger partial charge in [-0.05, 0) is 25.5 Å². The number of hydrogen-bond donors (Lipinski definition) is 3. The third-order valence-electron chi connectivity index (χ3n) is 4.48. The summed E-state index contributed by atoms with van der Waals surface area (Å²) in [7, 11) is -3.81. The Morgan fingerprint density at radius 2 is 1.69 bits per heavy atom. The van der Waals surface area contributed by atoms with Gasteiger partial charge in [0.05, 0.1) is 12.2 Å². The number of rotatable bonds is 7. The molecule has 0 bridgehead atoms. The fraction of sp³-hybridized carbons (Fsp3) is 0.545. The van der Waals surface area contributed by atoms with Crippen LogP contribution in [0.2, 0.25) is 0 Å². The van der Waals surface area contributed by atoms with E-state index in [4.69, 9.17) is 4.42 Å². The smallest absolute Gasteiger partial charge is 0.269 e. The summed E-state index contributed by atoms with van der Waals surface area (Å²) >= 11 is -0.931. The molecule has 3 heterocycles. The van der Waals surface area contributed by atoms with Crippen LogP contribution in [-0.4, -0.2) is 46.8 Å². The Morgan fingerprint density at radius 1 is 1.11 bits per heavy atom. The Hall–Kier alpha value is -2.22. The van der Waals surface area contributed by atoms with Crippen molar-refractivity contribution >= 4 is 49.9 Å². The molecule has 3 rings (SSSR count). The molecule has 2 aromatic heterocycles. The minimum absolute atomic E-state index is 0.133. The Morgan fingerprint density at radius 3 is 2.20 bits per heavy atom. The van der Waals surface area contributed by atoms with Crippen molar-refractivity contribution in [1.82, 2.24) is 9.62 Å². The quantitative estimate of drug-likeness (QED) is 0.456. The Bertz CT molecular complexity index is 1130. The first-order valence-electron chi connectivity index (χ1n) is 11.6. The van der Waals surface area contributed by atoms with E-state index in [2.05, 4.69) is 33.3 Å². The van der Waals surface area contributed by atoms with Crippen LogP contribution in [-0.2, 0) is 27.7 Å². The summed E-state index contributed by atoms with van der Waals surface area (Å²) in [6.45, 7) is 16.4. The van der Waals surface area contributed by atoms with Crippen LogP contribution in [0.5, 0.6) is 5.75 Å². The summed E-state index contributed by atoms with van der Waals surface area (Å²) in [5, 5.41) is 17.8. The maximum absolute atomic E-state index is 12.7. The maximum Gasteiger partial charge on any atom is 0.269 e. The van der Waals surface area contributed by atoms with Crippen molar-refractivity contribution < 1.29 is 22.2 Å². The Kier molecular flexibility index (Phi) is 12.6. The van der Waals surface area contributed by atoms with Crippen molar-refractivity contribution in [3.8, 4) is 5.75 Å². The van der Waals surface area contributed by atoms with Gasteiger partial charge < -0.3 is 20.2 Å². The molecule has 0 amide bonds. The van der Waals surface area contributed by atoms with Crippen LogP contribution in [0.1, 0.15) is 65.0 Å². The lowest BCUT2D eigenvalue weighted by Gasteiger charge is -2.17. The van der Waals surface area contributed by atoms with Gasteiger partial charge in [-0.3, -0.25) is 0 Å². The molecule has 1 aliphatic rings. The highest BCUT2D eigenvalue weighted by atomic mass is 32.2. The van der Waals surface area contributed by atoms with Crippen molar-refractivity contribution in [3.05, 3.63) is 28.5 Å². The normalized spacial score (nSPS) is 14.9. The van der Waals surface area contributed by atoms with Crippen molar-refractivity contribution in [1.29, 1.82) is 0 Å². The van der Waals surface area contributed by atoms with Crippen LogP contribution in [0.15, 0.2) is 28.9 Å². The lowest BCUT2D eigenvalue weighted by atomic mass is 10.3. The Labute approximate surface area is 215 Å². The Balaban J connectivity index is 0.00000114. The van der Waals surface area contributed by atoms with Crippen molar-refractivity contribution in [2.75, 3.05) is 18.4 Å². The highest BCUT2D eigenvalue weighted by Gasteiger charge is 2.30. The number of sulfonamides is 1. The van der Waals surface area contributed by atoms with Crippen molar-refractivity contribution in [2.24, 2.45) is 8.80 Å². The second-order valence-corrected chi connectivity index (χ2v) is 11.0. The first-order valence-corrected chi connectivity index (χ1v) is 14.9. The van der Waals surface area contributed by atoms with E-state index in [1.807, 2.05) is 33.8 Å². The van der Waals surface area contributed by atoms with Gasteiger partial charge in [0.2, 0.25) is 0 Å². The van der Waals surface area contributed by atoms with Gasteiger partial charge in [0, 0.05) is 18.5 Å². The first-order chi connectivity index (χ1) is 16.6. The summed E-state index contributed by atoms with van der Waals surface area (Å²) in [4.78, 5) is 0. The third kappa shape index (κ3) is 7.89. The van der Waals surface area contributed by atoms with E-state index in [1.54, 1.807) is 13.8 Å². The van der Waals surface area contributed by atoms with Crippen LogP contribution in [0.25, 0.3) is 0 Å². The molecule has 13 heteroatoms. The zero-order valence-electron chi connectivity index (χ0n) is 21.6. The van der Waals surface area contributed by atoms with Gasteiger partial charge in [0.15, 0.2) is 21.6 Å². The second kappa shape index (κ2) is 14.4. The number of nitrogens with zero attached hydrogens (tertiary/aromatic N) is 3. The number of hydrogen-bond acceptors (Lipinski definition) is 8. The van der Waals surface area contributed by atoms with Gasteiger partial charge in [-0.1, -0.05) is 48.0 Å². The number of aryl methyl sites for hydroxylation is 2. The highest BCUT2D eigenvalue weighted by molar-refractivity contribution is 7.91. The number of amidine groups is 2. The molecule has 2 aromatic rings. The second-order valence-electron chi connectivity index (χ2n) is 7.12. The number of furan rings is 1. The van der Waals surface area contributed by atoms with Crippen LogP contribution in [0.3, 0.4) is 0 Å². The third-order valence-corrected chi connectivity index (χ3v) is 8.69. The molecule has 198 valence electrons. The maximum atomic E-state index is 12.7. The minimum Gasteiger partial charge on any atom is -0.504 e. The lowest BCUT2D eigenvalue weighted by Crippen LogP contribution is -2.33. The zero-order valence-corrected chi connectivity index (χ0v) is 24.1. The predicted molar refractivity (Wildman–Crippen MR) is 145 cm³/mol. The number of anilines is 1. The van der Waals surface area contributed by atoms with Gasteiger partial charge in [-0.15, -0.1) is 20.1 Å². The van der Waals surface area contributed by atoms with E-state index in [-0.39, 0.29) is 34.7 Å². The molecular formula is C22H37N5O5S3. The standard InChI is InChI=1S/C17H23N5O5S3.C3H8.C2H6/c1-5-22(6-2)30(25,26)17-14(23)13(9-28-17)19-16-15(20-29(24)21-16)18-8-12-7-10(3)11(4)27-12;1-3-2;1-2/h7,9,23H,5-6,8H2,1-4H3,(H,18,20)(H,19,21);3H2,1-2H3;1-2H3. The van der Waals surface area contributed by atoms with Crippen LogP contribution >= 0.6 is 11.3 Å². The molecule has 0 saturated carbocycles. The molecule has 0 saturated heterocycles. The minimum atomic E-state index is -3.81. The molecule has 0 fully saturated rings. The summed E-state index contributed by atoms with van der Waals surface area (Å²) in [6, 6.07) is 1.88. The van der Waals surface area contributed by atoms with Gasteiger partial charge >= 0.3 is 0 Å². The molecule has 1 unspecified atom stereocenters. The average Bonchev–Trinajstić information content (AvgIpc) is 3.46. The fourth-order valence-corrected chi connectivity index (χ4v) is 6.25. The van der Waals surface area contributed by atoms with E-state index in [9.17, 15) is 17.7 Å². The summed E-state index contributed by atoms with van der Waals surface area (Å²) in [6.07, 6.45) is 1.25. The number of thiophene rings is 1. The van der Waals surface area contributed by atoms with Gasteiger partial charge in [0.25, 0.3) is 21.2 Å². The SMILES string of the molecule is CC.CCC.CCN(CC)S(=O)(=O)c1scc(NC2=NS(=O)N=C2NCc2cc(C)c(C)o2)c1O. The number of nitrogens with one attached hydrogen (secondary N) is 2. The number of aromatic hydroxyl groups is 1. The van der Waals surface area contributed by atoms with Gasteiger partial charge in [0.1, 0.15) is 11.5 Å². The molecule has 10 nitrogen and oxygen atoms in total. The first kappa shape index (κ1) is 30.8. The van der Waals surface area contributed by atoms with Crippen molar-refractivity contribution in [3.63, 3.8) is 0 Å². The summed E-state index contributed by atoms with van der Waals surface area (Å²) in [5.41, 5.74) is 1.16. The van der Waals surface area contributed by atoms with E-state index in [1.165, 1.54) is 16.1 Å². The summed E-state index contributed by atoms with van der Waals surface area (Å²) in [5.74, 6) is 1.42. The van der Waals surface area contributed by atoms with E-state index in [0.717, 1.165) is 22.7 Å². The lowest BCUT2D eigenvalue weighted by molar-refractivity contribution is 0.434. The molecule has 0 aliphatic carbocycles. The molecule has 35 heavy (non-hydrogen) atoms. The molecule has 0 radical (unpaired) electrons. The van der Waals surface area contributed by atoms with Crippen LogP contribution in [0, 0.1) is 13.8 Å². The van der Waals surface area contributed by atoms with E-state index >= 15 is 0 Å². The molecule has 1 aliphatic heterocycles. The zero-order chi connectivity index (χ0) is 26.8. The van der Waals surface area contributed by atoms with Gasteiger partial charge in [-0.25, -0.2) is 12.6 Å². The monoisotopic (exact) mass is 547 g/mol. The molecule has 3 N–H and O–H groups in total. The topological polar surface area (TPSA) is 137 Å². The molecular weight excluding hydrogens is 510 g/mol. The fourth-order valence-electron chi connectivity index (χ4n) is 2.78. The molecule has 0 spiro atoms. The molecule has 1 atom stereocenters. The van der Waals surface area contributed by atoms with E-state index in [0.29, 0.717) is 12.3 Å². The van der Waals surface area contributed by atoms with E-state index < -0.39 is 26.9 Å². The average molecular weight is 548 g/mol. The predicted octanol–water partition coefficient (Wildman–Crippen LogP) is 4.73. The summed E-state index contributed by atoms with van der Waals surface area (Å²) < 4.78 is 51.7.